The van der Waals surface area contributed by atoms with Gasteiger partial charge in [-0.25, -0.2) is 9.59 Å². The number of fused-ring (bicyclic) bond motifs is 1. The number of esters is 3. The van der Waals surface area contributed by atoms with Crippen LogP contribution in [0.25, 0.3) is 0 Å². The minimum Gasteiger partial charge on any atom is -0.458 e. The van der Waals surface area contributed by atoms with Gasteiger partial charge in [0.2, 0.25) is 0 Å². The molecule has 2 N–H and O–H groups in total. The molecule has 0 saturated carbocycles. The molecule has 8 heteroatoms. The van der Waals surface area contributed by atoms with Crippen molar-refractivity contribution in [2.24, 2.45) is 11.8 Å². The van der Waals surface area contributed by atoms with Crippen molar-refractivity contribution in [3.63, 3.8) is 0 Å². The maximum Gasteiger partial charge on any atom is 0.336 e. The molecule has 33 heavy (non-hydrogen) atoms. The normalized spacial score (nSPS) is 26.2. The van der Waals surface area contributed by atoms with E-state index >= 15 is 0 Å². The van der Waals surface area contributed by atoms with Gasteiger partial charge in [0, 0.05) is 24.8 Å². The molecule has 2 rings (SSSR count). The second kappa shape index (κ2) is 12.0. The molecule has 1 aliphatic heterocycles. The number of hydrogen-bond acceptors (Lipinski definition) is 8. The first-order valence-corrected chi connectivity index (χ1v) is 11.1. The van der Waals surface area contributed by atoms with Crippen LogP contribution in [0, 0.1) is 11.8 Å². The van der Waals surface area contributed by atoms with Crippen LogP contribution in [0.1, 0.15) is 47.0 Å². The van der Waals surface area contributed by atoms with Gasteiger partial charge in [-0.2, -0.15) is 0 Å². The van der Waals surface area contributed by atoms with Crippen LogP contribution in [-0.4, -0.2) is 59.6 Å². The highest BCUT2D eigenvalue weighted by Crippen LogP contribution is 2.37. The van der Waals surface area contributed by atoms with Crippen molar-refractivity contribution in [3.8, 4) is 0 Å². The predicted molar refractivity (Wildman–Crippen MR) is 121 cm³/mol. The molecule has 0 spiro atoms. The third-order valence-electron chi connectivity index (χ3n) is 5.68. The number of carbonyl (C=O) groups is 3. The van der Waals surface area contributed by atoms with E-state index in [-0.39, 0.29) is 23.0 Å². The number of aliphatic hydroxyl groups excluding tert-OH is 2. The Bertz CT molecular complexity index is 864. The van der Waals surface area contributed by atoms with E-state index in [1.165, 1.54) is 6.08 Å². The summed E-state index contributed by atoms with van der Waals surface area (Å²) in [5.41, 5.74) is 1.69. The Balaban J connectivity index is 2.38. The molecule has 4 unspecified atom stereocenters. The maximum absolute atomic E-state index is 12.6. The lowest BCUT2D eigenvalue weighted by Crippen LogP contribution is -2.35. The minimum atomic E-state index is -0.784. The van der Waals surface area contributed by atoms with Gasteiger partial charge in [-0.3, -0.25) is 4.79 Å². The average molecular weight is 463 g/mol. The van der Waals surface area contributed by atoms with Crippen LogP contribution in [0.5, 0.6) is 0 Å². The molecule has 2 aliphatic rings. The molecule has 8 nitrogen and oxygen atoms in total. The van der Waals surface area contributed by atoms with Crippen LogP contribution in [-0.2, 0) is 28.6 Å². The molecule has 1 fully saturated rings. The highest BCUT2D eigenvalue weighted by atomic mass is 16.6. The zero-order valence-electron chi connectivity index (χ0n) is 19.7. The van der Waals surface area contributed by atoms with E-state index in [9.17, 15) is 19.5 Å². The molecule has 1 heterocycles. The van der Waals surface area contributed by atoms with Gasteiger partial charge in [0.15, 0.2) is 0 Å². The van der Waals surface area contributed by atoms with Crippen LogP contribution in [0.3, 0.4) is 0 Å². The van der Waals surface area contributed by atoms with Gasteiger partial charge in [-0.1, -0.05) is 32.1 Å². The lowest BCUT2D eigenvalue weighted by molar-refractivity contribution is -0.149. The molecule has 182 valence electrons. The molecular formula is C25H34O8. The quantitative estimate of drug-likeness (QED) is 0.256. The molecule has 0 aromatic rings. The first-order chi connectivity index (χ1) is 15.6. The lowest BCUT2D eigenvalue weighted by atomic mass is 9.85. The largest absolute Gasteiger partial charge is 0.458 e. The molecule has 1 saturated heterocycles. The highest BCUT2D eigenvalue weighted by Gasteiger charge is 2.45. The summed E-state index contributed by atoms with van der Waals surface area (Å²) in [5, 5.41) is 18.5. The van der Waals surface area contributed by atoms with Gasteiger partial charge >= 0.3 is 17.9 Å². The molecule has 4 atom stereocenters. The zero-order valence-corrected chi connectivity index (χ0v) is 19.7. The Morgan fingerprint density at radius 1 is 1.27 bits per heavy atom. The fraction of sp³-hybridized carbons (Fsp3) is 0.560. The van der Waals surface area contributed by atoms with Crippen LogP contribution >= 0.6 is 0 Å². The fourth-order valence-corrected chi connectivity index (χ4v) is 3.90. The lowest BCUT2D eigenvalue weighted by Gasteiger charge is -2.29. The number of hydrogen-bond donors (Lipinski definition) is 2. The summed E-state index contributed by atoms with van der Waals surface area (Å²) in [6.07, 6.45) is 3.80. The van der Waals surface area contributed by atoms with E-state index in [1.54, 1.807) is 13.0 Å². The predicted octanol–water partition coefficient (Wildman–Crippen LogP) is 2.55. The minimum absolute atomic E-state index is 0.0764. The number of carbonyl (C=O) groups excluding carboxylic acids is 3. The Kier molecular flexibility index (Phi) is 9.61. The van der Waals surface area contributed by atoms with Gasteiger partial charge < -0.3 is 24.4 Å². The van der Waals surface area contributed by atoms with E-state index in [4.69, 9.17) is 19.3 Å². The van der Waals surface area contributed by atoms with Gasteiger partial charge in [0.1, 0.15) is 18.3 Å². The molecule has 0 amide bonds. The Morgan fingerprint density at radius 2 is 1.97 bits per heavy atom. The van der Waals surface area contributed by atoms with Gasteiger partial charge in [0.25, 0.3) is 0 Å². The Hall–Kier alpha value is -2.71. The molecule has 1 aliphatic carbocycles. The van der Waals surface area contributed by atoms with Gasteiger partial charge in [-0.05, 0) is 37.5 Å². The van der Waals surface area contributed by atoms with Crippen molar-refractivity contribution in [2.75, 3.05) is 13.2 Å². The molecule has 0 aromatic carbocycles. The topological polar surface area (TPSA) is 119 Å². The molecule has 0 radical (unpaired) electrons. The number of aliphatic hydroxyl groups is 2. The summed E-state index contributed by atoms with van der Waals surface area (Å²) >= 11 is 0. The summed E-state index contributed by atoms with van der Waals surface area (Å²) in [5.74, 6) is -2.15. The Morgan fingerprint density at radius 3 is 2.58 bits per heavy atom. The second-order valence-corrected chi connectivity index (χ2v) is 8.91. The van der Waals surface area contributed by atoms with Crippen molar-refractivity contribution < 1.29 is 38.8 Å². The van der Waals surface area contributed by atoms with Gasteiger partial charge in [-0.15, -0.1) is 0 Å². The smallest absolute Gasteiger partial charge is 0.336 e. The van der Waals surface area contributed by atoms with Crippen molar-refractivity contribution in [2.45, 2.75) is 65.3 Å². The van der Waals surface area contributed by atoms with Crippen LogP contribution < -0.4 is 0 Å². The summed E-state index contributed by atoms with van der Waals surface area (Å²) in [7, 11) is 0. The van der Waals surface area contributed by atoms with E-state index in [1.807, 2.05) is 26.8 Å². The monoisotopic (exact) mass is 462 g/mol. The highest BCUT2D eigenvalue weighted by molar-refractivity contribution is 5.92. The molecular weight excluding hydrogens is 428 g/mol. The van der Waals surface area contributed by atoms with E-state index < -0.39 is 49.4 Å². The third kappa shape index (κ3) is 7.14. The summed E-state index contributed by atoms with van der Waals surface area (Å²) in [6.45, 7) is 10.4. The first kappa shape index (κ1) is 26.5. The molecule has 0 aromatic heterocycles. The van der Waals surface area contributed by atoms with Crippen LogP contribution in [0.15, 0.2) is 47.1 Å². The number of ether oxygens (including phenoxy) is 3. The van der Waals surface area contributed by atoms with Crippen LogP contribution in [0.4, 0.5) is 0 Å². The summed E-state index contributed by atoms with van der Waals surface area (Å²) < 4.78 is 16.9. The van der Waals surface area contributed by atoms with Crippen LogP contribution in [0.2, 0.25) is 0 Å². The number of rotatable bonds is 7. The first-order valence-electron chi connectivity index (χ1n) is 11.1. The standard InChI is InChI=1S/C25H34O8/c1-14(2)10-22(28)31-19-7-6-15(3)11-20(33-25(30)18(13-27)8-9-26)23-17(5)24(29)32-21(23)12-16(19)4/h6,8,12,14,19-21,23,26-27H,5,7,9-11,13H2,1-4H3. The van der Waals surface area contributed by atoms with Crippen molar-refractivity contribution >= 4 is 17.9 Å². The third-order valence-corrected chi connectivity index (χ3v) is 5.68. The van der Waals surface area contributed by atoms with E-state index in [0.717, 1.165) is 11.1 Å². The van der Waals surface area contributed by atoms with E-state index in [2.05, 4.69) is 6.58 Å². The van der Waals surface area contributed by atoms with Crippen molar-refractivity contribution in [1.82, 2.24) is 0 Å². The van der Waals surface area contributed by atoms with Crippen molar-refractivity contribution in [3.05, 3.63) is 47.1 Å². The van der Waals surface area contributed by atoms with E-state index in [0.29, 0.717) is 19.3 Å². The van der Waals surface area contributed by atoms with Crippen molar-refractivity contribution in [1.29, 1.82) is 0 Å². The Labute approximate surface area is 194 Å². The summed E-state index contributed by atoms with van der Waals surface area (Å²) in [6, 6.07) is 0. The molecule has 0 bridgehead atoms. The fourth-order valence-electron chi connectivity index (χ4n) is 3.90. The SMILES string of the molecule is C=C1C(=O)OC2C=C(C)C(OC(=O)CC(C)C)CC=C(C)CC(OC(=O)C(=CCO)CO)C12. The maximum atomic E-state index is 12.6. The van der Waals surface area contributed by atoms with Gasteiger partial charge in [0.05, 0.1) is 24.7 Å². The summed E-state index contributed by atoms with van der Waals surface area (Å²) in [4.78, 5) is 37.2. The second-order valence-electron chi connectivity index (χ2n) is 8.91. The zero-order chi connectivity index (χ0) is 24.7. The average Bonchev–Trinajstić information content (AvgIpc) is 3.00.